The van der Waals surface area contributed by atoms with Gasteiger partial charge in [-0.25, -0.2) is 5.06 Å². The van der Waals surface area contributed by atoms with E-state index in [1.165, 1.54) is 6.07 Å². The molecule has 4 N–H and O–H groups in total. The zero-order chi connectivity index (χ0) is 27.6. The Kier molecular flexibility index (Phi) is 10.9. The molecular weight excluding hydrogens is 478 g/mol. The zero-order valence-corrected chi connectivity index (χ0v) is 21.8. The van der Waals surface area contributed by atoms with Crippen molar-refractivity contribution in [2.45, 2.75) is 71.3 Å². The number of amides is 3. The Labute approximate surface area is 217 Å². The highest BCUT2D eigenvalue weighted by Gasteiger charge is 2.31. The Morgan fingerprint density at radius 1 is 1.11 bits per heavy atom. The number of carboxylic acids is 1. The van der Waals surface area contributed by atoms with Gasteiger partial charge in [0.05, 0.1) is 24.0 Å². The van der Waals surface area contributed by atoms with Gasteiger partial charge in [-0.3, -0.25) is 24.4 Å². The fourth-order valence-electron chi connectivity index (χ4n) is 4.08. The van der Waals surface area contributed by atoms with E-state index in [1.54, 1.807) is 51.1 Å². The van der Waals surface area contributed by atoms with Crippen LogP contribution in [0.5, 0.6) is 0 Å². The van der Waals surface area contributed by atoms with Crippen molar-refractivity contribution in [1.29, 1.82) is 0 Å². The number of aliphatic carboxylic acids is 1. The maximum absolute atomic E-state index is 12.8. The van der Waals surface area contributed by atoms with Gasteiger partial charge in [0.2, 0.25) is 12.3 Å². The molecule has 2 aromatic rings. The van der Waals surface area contributed by atoms with E-state index >= 15 is 0 Å². The van der Waals surface area contributed by atoms with Gasteiger partial charge in [-0.05, 0) is 50.5 Å². The maximum Gasteiger partial charge on any atom is 0.313 e. The van der Waals surface area contributed by atoms with Crippen LogP contribution in [-0.2, 0) is 19.8 Å². The summed E-state index contributed by atoms with van der Waals surface area (Å²) in [6, 6.07) is 9.36. The summed E-state index contributed by atoms with van der Waals surface area (Å²) >= 11 is 0. The highest BCUT2D eigenvalue weighted by Crippen LogP contribution is 2.29. The molecule has 2 atom stereocenters. The smallest absolute Gasteiger partial charge is 0.313 e. The lowest BCUT2D eigenvalue weighted by atomic mass is 9.84. The summed E-state index contributed by atoms with van der Waals surface area (Å²) in [5.74, 6) is -2.07. The molecule has 0 saturated carbocycles. The molecule has 3 amide bonds. The maximum atomic E-state index is 12.8. The minimum atomic E-state index is -1.09. The number of furan rings is 1. The number of carboxylic acid groups (broad SMARTS) is 1. The van der Waals surface area contributed by atoms with Gasteiger partial charge in [0, 0.05) is 5.56 Å². The fourth-order valence-corrected chi connectivity index (χ4v) is 4.08. The summed E-state index contributed by atoms with van der Waals surface area (Å²) in [6.45, 7) is 6.88. The molecule has 37 heavy (non-hydrogen) atoms. The van der Waals surface area contributed by atoms with Crippen molar-refractivity contribution in [3.8, 4) is 11.3 Å². The molecule has 1 aromatic heterocycles. The quantitative estimate of drug-likeness (QED) is 0.0923. The van der Waals surface area contributed by atoms with Gasteiger partial charge < -0.3 is 20.2 Å². The van der Waals surface area contributed by atoms with Crippen LogP contribution in [0.2, 0.25) is 0 Å². The molecule has 1 aromatic carbocycles. The molecule has 0 aliphatic carbocycles. The van der Waals surface area contributed by atoms with Crippen molar-refractivity contribution in [3.05, 3.63) is 47.7 Å². The molecule has 0 spiro atoms. The number of carbonyl (C=O) groups excluding carboxylic acids is 3. The molecule has 202 valence electrons. The molecule has 0 aliphatic heterocycles. The normalized spacial score (nSPS) is 12.9. The van der Waals surface area contributed by atoms with Crippen LogP contribution in [-0.4, -0.2) is 52.3 Å². The molecule has 0 aliphatic rings. The lowest BCUT2D eigenvalue weighted by Gasteiger charge is -2.29. The summed E-state index contributed by atoms with van der Waals surface area (Å²) in [4.78, 5) is 48.1. The molecule has 0 radical (unpaired) electrons. The van der Waals surface area contributed by atoms with Crippen molar-refractivity contribution in [2.24, 2.45) is 5.92 Å². The topological polar surface area (TPSA) is 149 Å². The number of unbranched alkanes of at least 4 members (excludes halogenated alkanes) is 2. The first-order valence-corrected chi connectivity index (χ1v) is 12.5. The van der Waals surface area contributed by atoms with Crippen molar-refractivity contribution in [1.82, 2.24) is 15.7 Å². The van der Waals surface area contributed by atoms with Gasteiger partial charge in [0.1, 0.15) is 5.76 Å². The van der Waals surface area contributed by atoms with Crippen LogP contribution < -0.4 is 10.6 Å². The zero-order valence-electron chi connectivity index (χ0n) is 21.8. The minimum Gasteiger partial charge on any atom is -0.481 e. The average molecular weight is 516 g/mol. The molecule has 2 rings (SSSR count). The third-order valence-electron chi connectivity index (χ3n) is 6.53. The molecule has 0 bridgehead atoms. The molecule has 10 heteroatoms. The number of hydrogen-bond acceptors (Lipinski definition) is 6. The van der Waals surface area contributed by atoms with Gasteiger partial charge in [-0.2, -0.15) is 0 Å². The van der Waals surface area contributed by atoms with Crippen molar-refractivity contribution in [3.63, 3.8) is 0 Å². The van der Waals surface area contributed by atoms with Crippen LogP contribution in [0, 0.1) is 5.92 Å². The number of hydroxylamine groups is 2. The van der Waals surface area contributed by atoms with Gasteiger partial charge >= 0.3 is 5.97 Å². The van der Waals surface area contributed by atoms with E-state index in [0.717, 1.165) is 19.3 Å². The second kappa shape index (κ2) is 13.6. The Morgan fingerprint density at radius 3 is 2.46 bits per heavy atom. The first kappa shape index (κ1) is 29.6. The summed E-state index contributed by atoms with van der Waals surface area (Å²) in [6.07, 6.45) is 3.83. The Bertz CT molecular complexity index is 1080. The Morgan fingerprint density at radius 2 is 1.84 bits per heavy atom. The summed E-state index contributed by atoms with van der Waals surface area (Å²) in [5.41, 5.74) is 0.131. The highest BCUT2D eigenvalue weighted by atomic mass is 16.5. The molecule has 0 saturated heterocycles. The van der Waals surface area contributed by atoms with Crippen LogP contribution in [0.25, 0.3) is 11.3 Å². The third kappa shape index (κ3) is 7.66. The van der Waals surface area contributed by atoms with E-state index in [4.69, 9.17) is 4.42 Å². The van der Waals surface area contributed by atoms with E-state index in [-0.39, 0.29) is 18.3 Å². The monoisotopic (exact) mass is 515 g/mol. The standard InChI is InChI=1S/C27H37N3O7/c1-5-7-8-12-20(21(6-2)30(36)17-31)24(32)28-16-29-25(33)23-14-13-22(37-23)18-10-9-11-19(15-18)27(3,4)26(34)35/h9-11,13-15,17,20-21,36H,5-8,12,16H2,1-4H3,(H,28,32)(H,29,33)(H,34,35)/t20?,21-/m1/s1. The number of nitrogens with one attached hydrogen (secondary N) is 2. The van der Waals surface area contributed by atoms with E-state index in [2.05, 4.69) is 10.6 Å². The van der Waals surface area contributed by atoms with Crippen LogP contribution in [0.4, 0.5) is 0 Å². The summed E-state index contributed by atoms with van der Waals surface area (Å²) in [7, 11) is 0. The van der Waals surface area contributed by atoms with Gasteiger partial charge in [-0.15, -0.1) is 0 Å². The molecular formula is C27H37N3O7. The second-order valence-corrected chi connectivity index (χ2v) is 9.46. The average Bonchev–Trinajstić information content (AvgIpc) is 3.38. The Hall–Kier alpha value is -3.66. The third-order valence-corrected chi connectivity index (χ3v) is 6.53. The Balaban J connectivity index is 2.03. The number of carbonyl (C=O) groups is 4. The van der Waals surface area contributed by atoms with Gasteiger partial charge in [0.15, 0.2) is 5.76 Å². The number of hydrogen-bond donors (Lipinski definition) is 4. The van der Waals surface area contributed by atoms with Crippen LogP contribution >= 0.6 is 0 Å². The van der Waals surface area contributed by atoms with E-state index in [0.29, 0.717) is 41.2 Å². The fraction of sp³-hybridized carbons (Fsp3) is 0.481. The lowest BCUT2D eigenvalue weighted by molar-refractivity contribution is -0.168. The minimum absolute atomic E-state index is 0.0283. The van der Waals surface area contributed by atoms with Crippen LogP contribution in [0.15, 0.2) is 40.8 Å². The SMILES string of the molecule is CCCCCC(C(=O)NCNC(=O)c1ccc(-c2cccc(C(C)(C)C(=O)O)c2)o1)[C@@H](CC)N(O)C=O. The van der Waals surface area contributed by atoms with E-state index in [1.807, 2.05) is 6.92 Å². The number of nitrogens with zero attached hydrogens (tertiary/aromatic N) is 1. The van der Waals surface area contributed by atoms with Crippen molar-refractivity contribution >= 4 is 24.2 Å². The molecule has 1 unspecified atom stereocenters. The number of benzene rings is 1. The van der Waals surface area contributed by atoms with Crippen molar-refractivity contribution < 1.29 is 33.9 Å². The molecule has 0 fully saturated rings. The van der Waals surface area contributed by atoms with Gasteiger partial charge in [0.25, 0.3) is 5.91 Å². The number of rotatable bonds is 15. The molecule has 10 nitrogen and oxygen atoms in total. The summed E-state index contributed by atoms with van der Waals surface area (Å²) < 4.78 is 5.68. The van der Waals surface area contributed by atoms with Gasteiger partial charge in [-0.1, -0.05) is 51.3 Å². The van der Waals surface area contributed by atoms with Crippen molar-refractivity contribution in [2.75, 3.05) is 6.67 Å². The second-order valence-electron chi connectivity index (χ2n) is 9.46. The van der Waals surface area contributed by atoms with Crippen LogP contribution in [0.3, 0.4) is 0 Å². The van der Waals surface area contributed by atoms with E-state index in [9.17, 15) is 29.5 Å². The van der Waals surface area contributed by atoms with Crippen LogP contribution in [0.1, 0.15) is 75.9 Å². The predicted molar refractivity (Wildman–Crippen MR) is 137 cm³/mol. The largest absolute Gasteiger partial charge is 0.481 e. The highest BCUT2D eigenvalue weighted by molar-refractivity contribution is 5.92. The predicted octanol–water partition coefficient (Wildman–Crippen LogP) is 3.94. The van der Waals surface area contributed by atoms with E-state index < -0.39 is 29.3 Å². The first-order valence-electron chi connectivity index (χ1n) is 12.5. The summed E-state index contributed by atoms with van der Waals surface area (Å²) in [5, 5.41) is 25.2. The molecule has 1 heterocycles. The lowest BCUT2D eigenvalue weighted by Crippen LogP contribution is -2.47. The first-order chi connectivity index (χ1) is 17.6.